The van der Waals surface area contributed by atoms with E-state index in [1.165, 1.54) is 0 Å². The van der Waals surface area contributed by atoms with Gasteiger partial charge in [-0.1, -0.05) is 18.2 Å². The summed E-state index contributed by atoms with van der Waals surface area (Å²) in [5.74, 6) is -0.453. The number of aliphatic hydroxyl groups is 3. The molecule has 0 heterocycles. The van der Waals surface area contributed by atoms with Gasteiger partial charge in [0.2, 0.25) is 0 Å². The van der Waals surface area contributed by atoms with Gasteiger partial charge in [-0.05, 0) is 24.7 Å². The molecule has 0 spiro atoms. The van der Waals surface area contributed by atoms with Gasteiger partial charge in [0.15, 0.2) is 0 Å². The number of hydrogen-bond acceptors (Lipinski definition) is 5. The first-order valence-electron chi connectivity index (χ1n) is 7.28. The van der Waals surface area contributed by atoms with Crippen molar-refractivity contribution in [1.82, 2.24) is 0 Å². The molecule has 0 bridgehead atoms. The minimum Gasteiger partial charge on any atom is -0.465 e. The average Bonchev–Trinajstić information content (AvgIpc) is 2.50. The molecule has 0 aliphatic carbocycles. The molecule has 0 radical (unpaired) electrons. The van der Waals surface area contributed by atoms with Gasteiger partial charge in [0.05, 0.1) is 31.7 Å². The normalized spacial score (nSPS) is 11.8. The maximum atomic E-state index is 12.1. The summed E-state index contributed by atoms with van der Waals surface area (Å²) in [5, 5.41) is 27.7. The van der Waals surface area contributed by atoms with Crippen molar-refractivity contribution < 1.29 is 24.9 Å². The Hall–Kier alpha value is -1.43. The lowest BCUT2D eigenvalue weighted by atomic mass is 9.75. The molecule has 0 aromatic carbocycles. The molecule has 0 aromatic rings. The van der Waals surface area contributed by atoms with Gasteiger partial charge < -0.3 is 20.1 Å². The third kappa shape index (κ3) is 6.13. The van der Waals surface area contributed by atoms with E-state index in [0.29, 0.717) is 19.3 Å². The van der Waals surface area contributed by atoms with Crippen molar-refractivity contribution in [2.24, 2.45) is 10.8 Å². The standard InChI is InChI=1S/C17H28O5/c1-4-7-16(8-5-2,9-6-3)10-15(21)22-14-17(11-18,12-19)13-20/h4-6,18-20H,1-3,7-14H2. The molecule has 126 valence electrons. The van der Waals surface area contributed by atoms with E-state index >= 15 is 0 Å². The van der Waals surface area contributed by atoms with Crippen LogP contribution in [-0.4, -0.2) is 47.7 Å². The van der Waals surface area contributed by atoms with E-state index < -0.39 is 31.2 Å². The fourth-order valence-electron chi connectivity index (χ4n) is 2.26. The maximum absolute atomic E-state index is 12.1. The van der Waals surface area contributed by atoms with E-state index in [2.05, 4.69) is 19.7 Å². The van der Waals surface area contributed by atoms with Gasteiger partial charge in [0.25, 0.3) is 0 Å². The maximum Gasteiger partial charge on any atom is 0.306 e. The second kappa shape index (κ2) is 10.3. The Morgan fingerprint density at radius 2 is 1.27 bits per heavy atom. The predicted molar refractivity (Wildman–Crippen MR) is 86.1 cm³/mol. The molecule has 0 aliphatic rings. The third-order valence-corrected chi connectivity index (χ3v) is 3.80. The van der Waals surface area contributed by atoms with Crippen LogP contribution in [0.15, 0.2) is 38.0 Å². The van der Waals surface area contributed by atoms with E-state index in [1.54, 1.807) is 18.2 Å². The van der Waals surface area contributed by atoms with Crippen molar-refractivity contribution in [2.75, 3.05) is 26.4 Å². The van der Waals surface area contributed by atoms with Crippen LogP contribution in [0.1, 0.15) is 25.7 Å². The number of rotatable bonds is 13. The predicted octanol–water partition coefficient (Wildman–Crippen LogP) is 1.60. The number of hydrogen-bond donors (Lipinski definition) is 3. The molecule has 0 fully saturated rings. The van der Waals surface area contributed by atoms with Gasteiger partial charge >= 0.3 is 5.97 Å². The Kier molecular flexibility index (Phi) is 9.65. The summed E-state index contributed by atoms with van der Waals surface area (Å²) < 4.78 is 5.15. The first kappa shape index (κ1) is 20.6. The molecule has 5 nitrogen and oxygen atoms in total. The molecule has 5 heteroatoms. The summed E-state index contributed by atoms with van der Waals surface area (Å²) in [6, 6.07) is 0. The Morgan fingerprint density at radius 3 is 1.59 bits per heavy atom. The highest BCUT2D eigenvalue weighted by Crippen LogP contribution is 2.36. The molecular formula is C17H28O5. The highest BCUT2D eigenvalue weighted by molar-refractivity contribution is 5.70. The zero-order valence-electron chi connectivity index (χ0n) is 13.2. The lowest BCUT2D eigenvalue weighted by molar-refractivity contribution is -0.154. The number of aliphatic hydroxyl groups excluding tert-OH is 3. The number of carbonyl (C=O) groups excluding carboxylic acids is 1. The van der Waals surface area contributed by atoms with E-state index in [9.17, 15) is 20.1 Å². The van der Waals surface area contributed by atoms with Crippen molar-refractivity contribution in [3.63, 3.8) is 0 Å². The molecule has 3 N–H and O–H groups in total. The van der Waals surface area contributed by atoms with E-state index in [4.69, 9.17) is 4.74 Å². The number of carbonyl (C=O) groups is 1. The van der Waals surface area contributed by atoms with Gasteiger partial charge in [-0.25, -0.2) is 0 Å². The zero-order chi connectivity index (χ0) is 17.1. The van der Waals surface area contributed by atoms with Crippen LogP contribution in [0, 0.1) is 10.8 Å². The number of ether oxygens (including phenoxy) is 1. The van der Waals surface area contributed by atoms with Crippen molar-refractivity contribution in [3.05, 3.63) is 38.0 Å². The molecular weight excluding hydrogens is 284 g/mol. The summed E-state index contributed by atoms with van der Waals surface area (Å²) in [6.45, 7) is 9.53. The van der Waals surface area contributed by atoms with E-state index in [1.807, 2.05) is 0 Å². The van der Waals surface area contributed by atoms with Crippen molar-refractivity contribution in [2.45, 2.75) is 25.7 Å². The lowest BCUT2D eigenvalue weighted by Gasteiger charge is -2.31. The van der Waals surface area contributed by atoms with Crippen LogP contribution >= 0.6 is 0 Å². The smallest absolute Gasteiger partial charge is 0.306 e. The first-order valence-corrected chi connectivity index (χ1v) is 7.28. The monoisotopic (exact) mass is 312 g/mol. The highest BCUT2D eigenvalue weighted by atomic mass is 16.5. The molecule has 0 unspecified atom stereocenters. The summed E-state index contributed by atoms with van der Waals surface area (Å²) in [7, 11) is 0. The van der Waals surface area contributed by atoms with Crippen molar-refractivity contribution in [3.8, 4) is 0 Å². The first-order chi connectivity index (χ1) is 10.5. The van der Waals surface area contributed by atoms with Crippen LogP contribution in [0.25, 0.3) is 0 Å². The van der Waals surface area contributed by atoms with Gasteiger partial charge in [-0.15, -0.1) is 19.7 Å². The Balaban J connectivity index is 4.85. The molecule has 0 aliphatic heterocycles. The number of esters is 1. The van der Waals surface area contributed by atoms with Crippen molar-refractivity contribution >= 4 is 5.97 Å². The van der Waals surface area contributed by atoms with Crippen LogP contribution in [0.3, 0.4) is 0 Å². The summed E-state index contributed by atoms with van der Waals surface area (Å²) in [6.07, 6.45) is 7.25. The zero-order valence-corrected chi connectivity index (χ0v) is 13.2. The largest absolute Gasteiger partial charge is 0.465 e. The van der Waals surface area contributed by atoms with Crippen LogP contribution in [0.4, 0.5) is 0 Å². The average molecular weight is 312 g/mol. The van der Waals surface area contributed by atoms with Crippen molar-refractivity contribution in [1.29, 1.82) is 0 Å². The van der Waals surface area contributed by atoms with Gasteiger partial charge in [-0.2, -0.15) is 0 Å². The summed E-state index contributed by atoms with van der Waals surface area (Å²) in [4.78, 5) is 12.1. The second-order valence-electron chi connectivity index (χ2n) is 5.79. The molecule has 0 amide bonds. The quantitative estimate of drug-likeness (QED) is 0.355. The SMILES string of the molecule is C=CCC(CC=C)(CC=C)CC(=O)OCC(CO)(CO)CO. The molecule has 0 saturated heterocycles. The van der Waals surface area contributed by atoms with Gasteiger partial charge in [0.1, 0.15) is 6.61 Å². The molecule has 0 atom stereocenters. The van der Waals surface area contributed by atoms with Crippen LogP contribution < -0.4 is 0 Å². The molecule has 0 saturated carbocycles. The molecule has 22 heavy (non-hydrogen) atoms. The van der Waals surface area contributed by atoms with Gasteiger partial charge in [0, 0.05) is 0 Å². The highest BCUT2D eigenvalue weighted by Gasteiger charge is 2.33. The van der Waals surface area contributed by atoms with Gasteiger partial charge in [-0.3, -0.25) is 4.79 Å². The Labute approximate surface area is 132 Å². The summed E-state index contributed by atoms with van der Waals surface area (Å²) in [5.41, 5.74) is -1.59. The minimum absolute atomic E-state index is 0.148. The lowest BCUT2D eigenvalue weighted by Crippen LogP contribution is -2.40. The molecule has 0 rings (SSSR count). The van der Waals surface area contributed by atoms with Crippen LogP contribution in [-0.2, 0) is 9.53 Å². The van der Waals surface area contributed by atoms with E-state index in [-0.39, 0.29) is 18.4 Å². The minimum atomic E-state index is -1.21. The van der Waals surface area contributed by atoms with Crippen LogP contribution in [0.5, 0.6) is 0 Å². The summed E-state index contributed by atoms with van der Waals surface area (Å²) >= 11 is 0. The Morgan fingerprint density at radius 1 is 0.864 bits per heavy atom. The number of allylic oxidation sites excluding steroid dienone is 3. The molecule has 0 aromatic heterocycles. The Bertz CT molecular complexity index is 336. The fraction of sp³-hybridized carbons (Fsp3) is 0.588. The van der Waals surface area contributed by atoms with E-state index in [0.717, 1.165) is 0 Å². The fourth-order valence-corrected chi connectivity index (χ4v) is 2.26. The second-order valence-corrected chi connectivity index (χ2v) is 5.79. The van der Waals surface area contributed by atoms with Crippen LogP contribution in [0.2, 0.25) is 0 Å². The third-order valence-electron chi connectivity index (χ3n) is 3.80. The topological polar surface area (TPSA) is 87.0 Å².